The predicted octanol–water partition coefficient (Wildman–Crippen LogP) is 5.22. The number of nitrogens with two attached hydrogens (primary N) is 1. The monoisotopic (exact) mass is 391 g/mol. The molecule has 2 aliphatic carbocycles. The van der Waals surface area contributed by atoms with Crippen LogP contribution < -0.4 is 11.1 Å². The molecule has 0 spiro atoms. The number of ketones is 1. The zero-order valence-electron chi connectivity index (χ0n) is 18.0. The standard InChI is InChI=1S/C25H33N3O/c1-5-25(3)16(2)23(28(4)15-17-6-7-17)24(29)21-13-12-20(14-22(21)25)27-19-10-8-18(26)9-11-19/h8-14,16-17,23,27H,5-7,15,26H2,1-4H3/t16-,23?,25+/m0/s1. The minimum atomic E-state index is -0.0380. The Balaban J connectivity index is 1.68. The van der Waals surface area contributed by atoms with Crippen LogP contribution in [-0.4, -0.2) is 30.3 Å². The summed E-state index contributed by atoms with van der Waals surface area (Å²) >= 11 is 0. The first-order valence-corrected chi connectivity index (χ1v) is 10.8. The van der Waals surface area contributed by atoms with Crippen LogP contribution in [0, 0.1) is 11.8 Å². The van der Waals surface area contributed by atoms with Gasteiger partial charge in [0.15, 0.2) is 5.78 Å². The molecular formula is C25H33N3O. The van der Waals surface area contributed by atoms with E-state index in [4.69, 9.17) is 5.73 Å². The highest BCUT2D eigenvalue weighted by molar-refractivity contribution is 6.03. The van der Waals surface area contributed by atoms with Crippen molar-refractivity contribution >= 4 is 22.8 Å². The molecule has 4 heteroatoms. The van der Waals surface area contributed by atoms with Gasteiger partial charge in [-0.1, -0.05) is 20.8 Å². The molecule has 0 radical (unpaired) electrons. The van der Waals surface area contributed by atoms with Gasteiger partial charge in [-0.05, 0) is 91.6 Å². The van der Waals surface area contributed by atoms with Crippen molar-refractivity contribution in [2.75, 3.05) is 24.6 Å². The Bertz CT molecular complexity index is 903. The molecule has 154 valence electrons. The van der Waals surface area contributed by atoms with Gasteiger partial charge < -0.3 is 11.1 Å². The van der Waals surface area contributed by atoms with Gasteiger partial charge in [0.2, 0.25) is 0 Å². The lowest BCUT2D eigenvalue weighted by molar-refractivity contribution is 0.0624. The van der Waals surface area contributed by atoms with Crippen molar-refractivity contribution in [1.82, 2.24) is 4.90 Å². The highest BCUT2D eigenvalue weighted by Crippen LogP contribution is 2.46. The number of hydrogen-bond donors (Lipinski definition) is 2. The smallest absolute Gasteiger partial charge is 0.180 e. The summed E-state index contributed by atoms with van der Waals surface area (Å²) in [6.07, 6.45) is 3.62. The summed E-state index contributed by atoms with van der Waals surface area (Å²) in [4.78, 5) is 15.8. The Morgan fingerprint density at radius 1 is 1.14 bits per heavy atom. The van der Waals surface area contributed by atoms with Gasteiger partial charge in [-0.25, -0.2) is 0 Å². The zero-order valence-corrected chi connectivity index (χ0v) is 18.0. The number of carbonyl (C=O) groups is 1. The lowest BCUT2D eigenvalue weighted by atomic mass is 9.61. The Morgan fingerprint density at radius 2 is 1.79 bits per heavy atom. The Morgan fingerprint density at radius 3 is 2.41 bits per heavy atom. The number of nitrogens with zero attached hydrogens (tertiary/aromatic N) is 1. The van der Waals surface area contributed by atoms with Crippen molar-refractivity contribution in [2.24, 2.45) is 11.8 Å². The quantitative estimate of drug-likeness (QED) is 0.663. The number of Topliss-reactive ketones (excluding diaryl/α,β-unsaturated/α-hetero) is 1. The molecule has 0 aliphatic heterocycles. The van der Waals surface area contributed by atoms with E-state index in [9.17, 15) is 4.79 Å². The second-order valence-electron chi connectivity index (χ2n) is 9.26. The van der Waals surface area contributed by atoms with Gasteiger partial charge in [0.25, 0.3) is 0 Å². The van der Waals surface area contributed by atoms with Crippen molar-refractivity contribution < 1.29 is 4.79 Å². The highest BCUT2D eigenvalue weighted by atomic mass is 16.1. The molecule has 3 atom stereocenters. The predicted molar refractivity (Wildman–Crippen MR) is 121 cm³/mol. The second-order valence-corrected chi connectivity index (χ2v) is 9.26. The van der Waals surface area contributed by atoms with Crippen LogP contribution >= 0.6 is 0 Å². The van der Waals surface area contributed by atoms with Crippen LogP contribution in [-0.2, 0) is 5.41 Å². The Labute approximate surface area is 174 Å². The first-order chi connectivity index (χ1) is 13.8. The van der Waals surface area contributed by atoms with Crippen LogP contribution in [0.4, 0.5) is 17.1 Å². The van der Waals surface area contributed by atoms with E-state index in [-0.39, 0.29) is 23.2 Å². The lowest BCUT2D eigenvalue weighted by Crippen LogP contribution is -2.54. The van der Waals surface area contributed by atoms with Crippen LogP contribution in [0.15, 0.2) is 42.5 Å². The van der Waals surface area contributed by atoms with E-state index in [1.165, 1.54) is 18.4 Å². The normalized spacial score (nSPS) is 26.4. The molecular weight excluding hydrogens is 358 g/mol. The molecule has 3 N–H and O–H groups in total. The third kappa shape index (κ3) is 3.66. The molecule has 0 amide bonds. The largest absolute Gasteiger partial charge is 0.399 e. The summed E-state index contributed by atoms with van der Waals surface area (Å²) in [7, 11) is 2.13. The fourth-order valence-electron chi connectivity index (χ4n) is 4.94. The lowest BCUT2D eigenvalue weighted by Gasteiger charge is -2.47. The maximum absolute atomic E-state index is 13.5. The van der Waals surface area contributed by atoms with Gasteiger partial charge in [0.1, 0.15) is 0 Å². The summed E-state index contributed by atoms with van der Waals surface area (Å²) in [6, 6.07) is 13.9. The van der Waals surface area contributed by atoms with Crippen LogP contribution in [0.2, 0.25) is 0 Å². The maximum Gasteiger partial charge on any atom is 0.180 e. The van der Waals surface area contributed by atoms with Crippen molar-refractivity contribution in [3.8, 4) is 0 Å². The number of fused-ring (bicyclic) bond motifs is 1. The number of benzene rings is 2. The first kappa shape index (κ1) is 20.0. The number of likely N-dealkylation sites (N-methyl/N-ethyl adjacent to an activating group) is 1. The summed E-state index contributed by atoms with van der Waals surface area (Å²) in [5, 5.41) is 3.46. The van der Waals surface area contributed by atoms with Gasteiger partial charge in [-0.2, -0.15) is 0 Å². The SMILES string of the molecule is CC[C@@]1(C)c2cc(Nc3ccc(N)cc3)ccc2C(=O)C(N(C)CC2CC2)[C@@H]1C. The van der Waals surface area contributed by atoms with Crippen molar-refractivity contribution in [3.63, 3.8) is 0 Å². The molecule has 4 rings (SSSR count). The van der Waals surface area contributed by atoms with Crippen LogP contribution in [0.25, 0.3) is 0 Å². The molecule has 4 nitrogen and oxygen atoms in total. The minimum Gasteiger partial charge on any atom is -0.399 e. The Kier molecular flexibility index (Phi) is 5.16. The average Bonchev–Trinajstić information content (AvgIpc) is 3.52. The Hall–Kier alpha value is -2.33. The van der Waals surface area contributed by atoms with E-state index in [1.807, 2.05) is 36.4 Å². The number of hydrogen-bond acceptors (Lipinski definition) is 4. The fraction of sp³-hybridized carbons (Fsp3) is 0.480. The number of rotatable bonds is 6. The van der Waals surface area contributed by atoms with E-state index in [0.29, 0.717) is 0 Å². The zero-order chi connectivity index (χ0) is 20.8. The second kappa shape index (κ2) is 7.49. The molecule has 29 heavy (non-hydrogen) atoms. The third-order valence-corrected chi connectivity index (χ3v) is 7.30. The van der Waals surface area contributed by atoms with Gasteiger partial charge >= 0.3 is 0 Å². The van der Waals surface area contributed by atoms with Gasteiger partial charge in [0, 0.05) is 29.2 Å². The summed E-state index contributed by atoms with van der Waals surface area (Å²) in [5.74, 6) is 1.32. The number of nitrogens with one attached hydrogen (secondary N) is 1. The molecule has 2 aliphatic rings. The van der Waals surface area contributed by atoms with E-state index < -0.39 is 0 Å². The number of anilines is 3. The maximum atomic E-state index is 13.5. The average molecular weight is 392 g/mol. The molecule has 0 heterocycles. The molecule has 1 saturated carbocycles. The van der Waals surface area contributed by atoms with Gasteiger partial charge in [-0.15, -0.1) is 0 Å². The van der Waals surface area contributed by atoms with Gasteiger partial charge in [0.05, 0.1) is 6.04 Å². The summed E-state index contributed by atoms with van der Waals surface area (Å²) in [5.41, 5.74) is 10.6. The van der Waals surface area contributed by atoms with Crippen LogP contribution in [0.3, 0.4) is 0 Å². The summed E-state index contributed by atoms with van der Waals surface area (Å²) < 4.78 is 0. The first-order valence-electron chi connectivity index (χ1n) is 10.8. The molecule has 1 unspecified atom stereocenters. The van der Waals surface area contributed by atoms with Crippen LogP contribution in [0.5, 0.6) is 0 Å². The molecule has 0 bridgehead atoms. The van der Waals surface area contributed by atoms with Crippen LogP contribution in [0.1, 0.15) is 56.0 Å². The minimum absolute atomic E-state index is 0.0372. The summed E-state index contributed by atoms with van der Waals surface area (Å²) in [6.45, 7) is 7.87. The number of carbonyl (C=O) groups excluding carboxylic acids is 1. The van der Waals surface area contributed by atoms with E-state index in [2.05, 4.69) is 44.1 Å². The molecule has 1 fully saturated rings. The van der Waals surface area contributed by atoms with Crippen molar-refractivity contribution in [2.45, 2.75) is 51.5 Å². The van der Waals surface area contributed by atoms with Gasteiger partial charge in [-0.3, -0.25) is 9.69 Å². The van der Waals surface area contributed by atoms with E-state index >= 15 is 0 Å². The highest BCUT2D eigenvalue weighted by Gasteiger charge is 2.48. The van der Waals surface area contributed by atoms with Crippen molar-refractivity contribution in [3.05, 3.63) is 53.6 Å². The van der Waals surface area contributed by atoms with Crippen molar-refractivity contribution in [1.29, 1.82) is 0 Å². The molecule has 2 aromatic rings. The third-order valence-electron chi connectivity index (χ3n) is 7.30. The molecule has 0 saturated heterocycles. The number of nitrogen functional groups attached to an aromatic ring is 1. The topological polar surface area (TPSA) is 58.4 Å². The van der Waals surface area contributed by atoms with E-state index in [0.717, 1.165) is 41.5 Å². The van der Waals surface area contributed by atoms with E-state index in [1.54, 1.807) is 0 Å². The fourth-order valence-corrected chi connectivity index (χ4v) is 4.94. The molecule has 0 aromatic heterocycles. The molecule has 2 aromatic carbocycles.